The average Bonchev–Trinajstić information content (AvgIpc) is 2.53. The fourth-order valence-electron chi connectivity index (χ4n) is 3.62. The third kappa shape index (κ3) is 3.00. The molecule has 1 aromatic rings. The maximum Gasteiger partial charge on any atom is 0.222 e. The normalized spacial score (nSPS) is 26.4. The molecule has 6 heteroatoms. The molecular formula is C15H22N4O2. The van der Waals surface area contributed by atoms with E-state index in [1.807, 2.05) is 4.90 Å². The lowest BCUT2D eigenvalue weighted by atomic mass is 9.73. The van der Waals surface area contributed by atoms with Gasteiger partial charge in [-0.05, 0) is 19.3 Å². The van der Waals surface area contributed by atoms with E-state index in [0.29, 0.717) is 13.0 Å². The highest BCUT2D eigenvalue weighted by Gasteiger charge is 2.41. The van der Waals surface area contributed by atoms with Crippen molar-refractivity contribution in [3.63, 3.8) is 0 Å². The maximum absolute atomic E-state index is 11.9. The van der Waals surface area contributed by atoms with Crippen molar-refractivity contribution in [2.75, 3.05) is 37.7 Å². The van der Waals surface area contributed by atoms with Crippen LogP contribution < -0.4 is 4.90 Å². The smallest absolute Gasteiger partial charge is 0.222 e. The second-order valence-electron chi connectivity index (χ2n) is 6.13. The van der Waals surface area contributed by atoms with Crippen LogP contribution in [0, 0.1) is 5.41 Å². The fraction of sp³-hybridized carbons (Fsp3) is 0.667. The molecule has 2 aliphatic heterocycles. The summed E-state index contributed by atoms with van der Waals surface area (Å²) in [6.45, 7) is 3.15. The fourth-order valence-corrected chi connectivity index (χ4v) is 3.62. The predicted octanol–water partition coefficient (Wildman–Crippen LogP) is 0.678. The summed E-state index contributed by atoms with van der Waals surface area (Å²) in [5, 5.41) is 9.13. The lowest BCUT2D eigenvalue weighted by Gasteiger charge is -2.48. The van der Waals surface area contributed by atoms with Crippen LogP contribution in [-0.2, 0) is 4.79 Å². The van der Waals surface area contributed by atoms with E-state index in [9.17, 15) is 4.79 Å². The van der Waals surface area contributed by atoms with Crippen LogP contribution in [0.2, 0.25) is 0 Å². The largest absolute Gasteiger partial charge is 0.395 e. The third-order valence-corrected chi connectivity index (χ3v) is 4.65. The molecule has 0 aromatic carbocycles. The highest BCUT2D eigenvalue weighted by atomic mass is 16.3. The second-order valence-corrected chi connectivity index (χ2v) is 6.13. The van der Waals surface area contributed by atoms with Crippen molar-refractivity contribution < 1.29 is 9.90 Å². The molecule has 0 saturated carbocycles. The van der Waals surface area contributed by atoms with Crippen molar-refractivity contribution >= 4 is 11.7 Å². The number of carbonyl (C=O) groups excluding carboxylic acids is 1. The molecule has 1 aromatic heterocycles. The van der Waals surface area contributed by atoms with Crippen LogP contribution in [0.1, 0.15) is 25.7 Å². The van der Waals surface area contributed by atoms with Crippen molar-refractivity contribution in [3.05, 3.63) is 18.6 Å². The van der Waals surface area contributed by atoms with E-state index < -0.39 is 0 Å². The number of β-amino-alcohol motifs (C(OH)–C–C–N with tert-alkyl or cyclic N) is 1. The molecule has 0 aliphatic carbocycles. The first kappa shape index (κ1) is 14.3. The van der Waals surface area contributed by atoms with Gasteiger partial charge in [0.25, 0.3) is 0 Å². The van der Waals surface area contributed by atoms with Gasteiger partial charge in [0, 0.05) is 50.4 Å². The number of hydrogen-bond donors (Lipinski definition) is 1. The van der Waals surface area contributed by atoms with Gasteiger partial charge < -0.3 is 14.9 Å². The Labute approximate surface area is 124 Å². The molecule has 6 nitrogen and oxygen atoms in total. The Morgan fingerprint density at radius 3 is 2.95 bits per heavy atom. The van der Waals surface area contributed by atoms with Gasteiger partial charge in [-0.1, -0.05) is 0 Å². The number of aromatic nitrogens is 2. The topological polar surface area (TPSA) is 69.6 Å². The van der Waals surface area contributed by atoms with Gasteiger partial charge in [0.15, 0.2) is 0 Å². The molecule has 2 saturated heterocycles. The van der Waals surface area contributed by atoms with Gasteiger partial charge in [-0.2, -0.15) is 0 Å². The summed E-state index contributed by atoms with van der Waals surface area (Å²) in [4.78, 5) is 24.6. The molecular weight excluding hydrogens is 268 g/mol. The summed E-state index contributed by atoms with van der Waals surface area (Å²) in [7, 11) is 0. The number of piperidine rings is 2. The zero-order valence-corrected chi connectivity index (χ0v) is 12.2. The Balaban J connectivity index is 1.74. The maximum atomic E-state index is 11.9. The Morgan fingerprint density at radius 2 is 2.19 bits per heavy atom. The summed E-state index contributed by atoms with van der Waals surface area (Å²) in [5.74, 6) is 1.09. The van der Waals surface area contributed by atoms with Crippen molar-refractivity contribution in [2.45, 2.75) is 25.7 Å². The van der Waals surface area contributed by atoms with Crippen LogP contribution in [0.25, 0.3) is 0 Å². The first-order chi connectivity index (χ1) is 10.2. The molecule has 1 amide bonds. The molecule has 114 valence electrons. The third-order valence-electron chi connectivity index (χ3n) is 4.65. The van der Waals surface area contributed by atoms with Crippen molar-refractivity contribution in [1.82, 2.24) is 14.9 Å². The molecule has 3 rings (SSSR count). The number of amides is 1. The van der Waals surface area contributed by atoms with Gasteiger partial charge in [0.05, 0.1) is 12.8 Å². The average molecular weight is 290 g/mol. The van der Waals surface area contributed by atoms with E-state index in [1.54, 1.807) is 18.6 Å². The van der Waals surface area contributed by atoms with E-state index >= 15 is 0 Å². The number of hydrogen-bond acceptors (Lipinski definition) is 5. The number of rotatable bonds is 3. The van der Waals surface area contributed by atoms with E-state index in [0.717, 1.165) is 44.7 Å². The first-order valence-electron chi connectivity index (χ1n) is 7.62. The lowest BCUT2D eigenvalue weighted by Crippen LogP contribution is -2.54. The molecule has 1 N–H and O–H groups in total. The molecule has 2 fully saturated rings. The highest BCUT2D eigenvalue weighted by Crippen LogP contribution is 2.39. The molecule has 2 aliphatic rings. The van der Waals surface area contributed by atoms with Crippen LogP contribution in [0.3, 0.4) is 0 Å². The molecule has 1 atom stereocenters. The number of aliphatic hydroxyl groups is 1. The summed E-state index contributed by atoms with van der Waals surface area (Å²) in [6.07, 6.45) is 8.98. The van der Waals surface area contributed by atoms with Gasteiger partial charge >= 0.3 is 0 Å². The number of anilines is 1. The monoisotopic (exact) mass is 290 g/mol. The summed E-state index contributed by atoms with van der Waals surface area (Å²) >= 11 is 0. The van der Waals surface area contributed by atoms with E-state index in [1.165, 1.54) is 0 Å². The number of aliphatic hydroxyl groups excluding tert-OH is 1. The standard InChI is InChI=1S/C15H22N4O2/c20-9-8-19-12-15(4-2-14(19)21)3-1-7-18(11-15)13-10-16-5-6-17-13/h5-6,10,20H,1-4,7-9,11-12H2/t15-/m0/s1. The van der Waals surface area contributed by atoms with E-state index in [2.05, 4.69) is 14.9 Å². The quantitative estimate of drug-likeness (QED) is 0.886. The van der Waals surface area contributed by atoms with Crippen LogP contribution in [0.5, 0.6) is 0 Å². The lowest BCUT2D eigenvalue weighted by molar-refractivity contribution is -0.138. The molecule has 0 bridgehead atoms. The number of nitrogens with zero attached hydrogens (tertiary/aromatic N) is 4. The number of carbonyl (C=O) groups is 1. The zero-order chi connectivity index (χ0) is 14.7. The van der Waals surface area contributed by atoms with Crippen molar-refractivity contribution in [3.8, 4) is 0 Å². The minimum atomic E-state index is 0.0374. The molecule has 3 heterocycles. The SMILES string of the molecule is O=C1CC[C@]2(CCCN(c3cnccn3)C2)CN1CCO. The number of likely N-dealkylation sites (tertiary alicyclic amines) is 1. The van der Waals surface area contributed by atoms with Gasteiger partial charge in [-0.3, -0.25) is 9.78 Å². The zero-order valence-electron chi connectivity index (χ0n) is 12.2. The van der Waals surface area contributed by atoms with Crippen LogP contribution in [0.15, 0.2) is 18.6 Å². The summed E-state index contributed by atoms with van der Waals surface area (Å²) < 4.78 is 0. The minimum Gasteiger partial charge on any atom is -0.395 e. The Kier molecular flexibility index (Phi) is 4.05. The predicted molar refractivity (Wildman–Crippen MR) is 78.8 cm³/mol. The Morgan fingerprint density at radius 1 is 1.29 bits per heavy atom. The van der Waals surface area contributed by atoms with Crippen molar-refractivity contribution in [2.24, 2.45) is 5.41 Å². The highest BCUT2D eigenvalue weighted by molar-refractivity contribution is 5.77. The van der Waals surface area contributed by atoms with Crippen LogP contribution in [-0.4, -0.2) is 58.7 Å². The summed E-state index contributed by atoms with van der Waals surface area (Å²) in [5.41, 5.74) is 0.138. The van der Waals surface area contributed by atoms with Gasteiger partial charge in [0.1, 0.15) is 5.82 Å². The van der Waals surface area contributed by atoms with Gasteiger partial charge in [-0.15, -0.1) is 0 Å². The Hall–Kier alpha value is -1.69. The van der Waals surface area contributed by atoms with E-state index in [4.69, 9.17) is 5.11 Å². The van der Waals surface area contributed by atoms with Gasteiger partial charge in [-0.25, -0.2) is 4.98 Å². The van der Waals surface area contributed by atoms with Crippen molar-refractivity contribution in [1.29, 1.82) is 0 Å². The molecule has 0 unspecified atom stereocenters. The summed E-state index contributed by atoms with van der Waals surface area (Å²) in [6, 6.07) is 0. The van der Waals surface area contributed by atoms with Gasteiger partial charge in [0.2, 0.25) is 5.91 Å². The molecule has 0 radical (unpaired) electrons. The van der Waals surface area contributed by atoms with E-state index in [-0.39, 0.29) is 17.9 Å². The Bertz CT molecular complexity index is 496. The second kappa shape index (κ2) is 5.97. The first-order valence-corrected chi connectivity index (χ1v) is 7.62. The minimum absolute atomic E-state index is 0.0374. The molecule has 1 spiro atoms. The van der Waals surface area contributed by atoms with Crippen LogP contribution >= 0.6 is 0 Å². The van der Waals surface area contributed by atoms with Crippen LogP contribution in [0.4, 0.5) is 5.82 Å². The molecule has 21 heavy (non-hydrogen) atoms.